The van der Waals surface area contributed by atoms with Crippen molar-refractivity contribution in [1.29, 1.82) is 0 Å². The fourth-order valence-electron chi connectivity index (χ4n) is 6.29. The Kier molecular flexibility index (Phi) is 11.8. The Hall–Kier alpha value is -3.95. The van der Waals surface area contributed by atoms with E-state index in [-0.39, 0.29) is 29.8 Å². The van der Waals surface area contributed by atoms with Crippen LogP contribution in [0.1, 0.15) is 59.9 Å². The van der Waals surface area contributed by atoms with E-state index in [1.165, 1.54) is 4.31 Å². The fraction of sp³-hybridized carbons (Fsp3) is 0.333. The van der Waals surface area contributed by atoms with Crippen LogP contribution in [0.2, 0.25) is 0 Å². The smallest absolute Gasteiger partial charge is 0.264 e. The van der Waals surface area contributed by atoms with Crippen LogP contribution in [0.5, 0.6) is 0 Å². The van der Waals surface area contributed by atoms with Crippen LogP contribution in [0.25, 0.3) is 0 Å². The van der Waals surface area contributed by atoms with Crippen LogP contribution in [0.4, 0.5) is 5.69 Å². The molecule has 1 atom stereocenters. The minimum atomic E-state index is -4.17. The number of aryl methyl sites for hydroxylation is 2. The maximum atomic E-state index is 14.8. The molecule has 0 spiro atoms. The van der Waals surface area contributed by atoms with Crippen LogP contribution >= 0.6 is 15.9 Å². The van der Waals surface area contributed by atoms with Gasteiger partial charge >= 0.3 is 0 Å². The second-order valence-electron chi connectivity index (χ2n) is 12.7. The predicted molar refractivity (Wildman–Crippen MR) is 195 cm³/mol. The highest BCUT2D eigenvalue weighted by Crippen LogP contribution is 2.30. The molecule has 2 amide bonds. The van der Waals surface area contributed by atoms with Gasteiger partial charge in [0.1, 0.15) is 12.6 Å². The third kappa shape index (κ3) is 8.74. The van der Waals surface area contributed by atoms with E-state index < -0.39 is 28.5 Å². The molecule has 252 valence electrons. The van der Waals surface area contributed by atoms with Gasteiger partial charge in [0.05, 0.1) is 10.6 Å². The third-order valence-electron chi connectivity index (χ3n) is 9.20. The van der Waals surface area contributed by atoms with Crippen LogP contribution in [-0.2, 0) is 32.6 Å². The Labute approximate surface area is 293 Å². The number of hydrogen-bond acceptors (Lipinski definition) is 4. The largest absolute Gasteiger partial charge is 0.352 e. The average molecular weight is 731 g/mol. The topological polar surface area (TPSA) is 86.8 Å². The van der Waals surface area contributed by atoms with Crippen molar-refractivity contribution in [3.05, 3.63) is 129 Å². The molecule has 1 fully saturated rings. The maximum absolute atomic E-state index is 14.8. The maximum Gasteiger partial charge on any atom is 0.264 e. The molecule has 4 aromatic carbocycles. The van der Waals surface area contributed by atoms with Gasteiger partial charge in [0.15, 0.2) is 0 Å². The number of nitrogens with one attached hydrogen (secondary N) is 1. The Morgan fingerprint density at radius 3 is 2.19 bits per heavy atom. The predicted octanol–water partition coefficient (Wildman–Crippen LogP) is 7.66. The SMILES string of the molecule is Cc1ccc(S(=O)(=O)N(CC(=O)N(Cc2cccc(Br)c2)C(Cc2ccccc2)C(=O)NC2CCCCC2)c2cccc(C)c2C)cc1. The van der Waals surface area contributed by atoms with E-state index in [2.05, 4.69) is 21.2 Å². The molecule has 0 aromatic heterocycles. The van der Waals surface area contributed by atoms with Crippen molar-refractivity contribution in [3.8, 4) is 0 Å². The average Bonchev–Trinajstić information content (AvgIpc) is 3.07. The summed E-state index contributed by atoms with van der Waals surface area (Å²) in [4.78, 5) is 30.7. The lowest BCUT2D eigenvalue weighted by Gasteiger charge is -2.35. The van der Waals surface area contributed by atoms with Crippen molar-refractivity contribution >= 4 is 43.5 Å². The molecule has 48 heavy (non-hydrogen) atoms. The van der Waals surface area contributed by atoms with Gasteiger partial charge in [-0.1, -0.05) is 107 Å². The van der Waals surface area contributed by atoms with E-state index >= 15 is 0 Å². The number of benzene rings is 4. The molecular formula is C39H44BrN3O4S. The first-order valence-electron chi connectivity index (χ1n) is 16.6. The summed E-state index contributed by atoms with van der Waals surface area (Å²) in [5, 5.41) is 3.26. The molecule has 0 aliphatic heterocycles. The van der Waals surface area contributed by atoms with Crippen molar-refractivity contribution in [2.75, 3.05) is 10.8 Å². The second-order valence-corrected chi connectivity index (χ2v) is 15.5. The number of nitrogens with zero attached hydrogens (tertiary/aromatic N) is 2. The lowest BCUT2D eigenvalue weighted by Crippen LogP contribution is -2.55. The standard InChI is InChI=1S/C39H44BrN3O4S/c1-28-20-22-35(23-21-28)48(46,47)43(36-19-10-12-29(2)30(36)3)27-38(44)42(26-32-15-11-16-33(40)24-32)37(25-31-13-6-4-7-14-31)39(45)41-34-17-8-5-9-18-34/h4,6-7,10-16,19-24,34,37H,5,8-9,17-18,25-27H2,1-3H3,(H,41,45). The van der Waals surface area contributed by atoms with Crippen LogP contribution < -0.4 is 9.62 Å². The summed E-state index contributed by atoms with van der Waals surface area (Å²) in [5.41, 5.74) is 4.75. The van der Waals surface area contributed by atoms with Gasteiger partial charge in [-0.2, -0.15) is 0 Å². The highest BCUT2D eigenvalue weighted by Gasteiger charge is 2.36. The number of halogens is 1. The number of anilines is 1. The minimum Gasteiger partial charge on any atom is -0.352 e. The molecule has 1 aliphatic rings. The zero-order valence-electron chi connectivity index (χ0n) is 27.9. The quantitative estimate of drug-likeness (QED) is 0.162. The van der Waals surface area contributed by atoms with Crippen molar-refractivity contribution in [2.45, 2.75) is 82.8 Å². The molecule has 0 heterocycles. The first-order valence-corrected chi connectivity index (χ1v) is 18.8. The lowest BCUT2D eigenvalue weighted by molar-refractivity contribution is -0.140. The van der Waals surface area contributed by atoms with Gasteiger partial charge in [-0.25, -0.2) is 8.42 Å². The van der Waals surface area contributed by atoms with Crippen LogP contribution in [0.3, 0.4) is 0 Å². The molecule has 0 saturated heterocycles. The summed E-state index contributed by atoms with van der Waals surface area (Å²) in [5.74, 6) is -0.694. The summed E-state index contributed by atoms with van der Waals surface area (Å²) in [7, 11) is -4.17. The molecule has 1 saturated carbocycles. The van der Waals surface area contributed by atoms with Crippen molar-refractivity contribution in [3.63, 3.8) is 0 Å². The van der Waals surface area contributed by atoms with Crippen molar-refractivity contribution in [2.24, 2.45) is 0 Å². The molecule has 4 aromatic rings. The minimum absolute atomic E-state index is 0.0423. The van der Waals surface area contributed by atoms with Gasteiger partial charge in [0.25, 0.3) is 10.0 Å². The van der Waals surface area contributed by atoms with Gasteiger partial charge in [0.2, 0.25) is 11.8 Å². The van der Waals surface area contributed by atoms with E-state index in [4.69, 9.17) is 0 Å². The zero-order chi connectivity index (χ0) is 34.3. The third-order valence-corrected chi connectivity index (χ3v) is 11.5. The van der Waals surface area contributed by atoms with E-state index in [1.54, 1.807) is 41.3 Å². The molecule has 7 nitrogen and oxygen atoms in total. The van der Waals surface area contributed by atoms with E-state index in [0.29, 0.717) is 5.69 Å². The first-order chi connectivity index (χ1) is 23.0. The van der Waals surface area contributed by atoms with E-state index in [9.17, 15) is 18.0 Å². The summed E-state index contributed by atoms with van der Waals surface area (Å²) >= 11 is 3.55. The van der Waals surface area contributed by atoms with Crippen LogP contribution in [-0.4, -0.2) is 43.8 Å². The van der Waals surface area contributed by atoms with Gasteiger partial charge in [0, 0.05) is 23.5 Å². The van der Waals surface area contributed by atoms with Gasteiger partial charge in [-0.3, -0.25) is 13.9 Å². The number of carbonyl (C=O) groups excluding carboxylic acids is 2. The molecule has 5 rings (SSSR count). The number of carbonyl (C=O) groups is 2. The van der Waals surface area contributed by atoms with E-state index in [1.807, 2.05) is 81.4 Å². The van der Waals surface area contributed by atoms with Gasteiger partial charge < -0.3 is 10.2 Å². The van der Waals surface area contributed by atoms with Crippen molar-refractivity contribution in [1.82, 2.24) is 10.2 Å². The number of rotatable bonds is 12. The second kappa shape index (κ2) is 16.0. The molecule has 1 aliphatic carbocycles. The molecule has 1 N–H and O–H groups in total. The van der Waals surface area contributed by atoms with Gasteiger partial charge in [-0.15, -0.1) is 0 Å². The number of sulfonamides is 1. The summed E-state index contributed by atoms with van der Waals surface area (Å²) in [6.07, 6.45) is 5.34. The lowest BCUT2D eigenvalue weighted by atomic mass is 9.94. The summed E-state index contributed by atoms with van der Waals surface area (Å²) < 4.78 is 30.8. The zero-order valence-corrected chi connectivity index (χ0v) is 30.3. The normalized spacial score (nSPS) is 14.2. The Bertz CT molecular complexity index is 1820. The number of amides is 2. The van der Waals surface area contributed by atoms with Gasteiger partial charge in [-0.05, 0) is 86.2 Å². The number of hydrogen-bond donors (Lipinski definition) is 1. The first kappa shape index (κ1) is 35.4. The molecule has 1 unspecified atom stereocenters. The van der Waals surface area contributed by atoms with Crippen LogP contribution in [0.15, 0.2) is 106 Å². The van der Waals surface area contributed by atoms with Crippen LogP contribution in [0, 0.1) is 20.8 Å². The molecule has 9 heteroatoms. The Morgan fingerprint density at radius 1 is 0.833 bits per heavy atom. The monoisotopic (exact) mass is 729 g/mol. The fourth-order valence-corrected chi connectivity index (χ4v) is 8.21. The Balaban J connectivity index is 1.59. The van der Waals surface area contributed by atoms with E-state index in [0.717, 1.165) is 64.4 Å². The Morgan fingerprint density at radius 2 is 1.50 bits per heavy atom. The summed E-state index contributed by atoms with van der Waals surface area (Å²) in [6.45, 7) is 5.33. The highest BCUT2D eigenvalue weighted by atomic mass is 79.9. The molecule has 0 radical (unpaired) electrons. The summed E-state index contributed by atoms with van der Waals surface area (Å²) in [6, 6.07) is 28.6. The molecular weight excluding hydrogens is 686 g/mol. The van der Waals surface area contributed by atoms with Crippen molar-refractivity contribution < 1.29 is 18.0 Å². The molecule has 0 bridgehead atoms. The highest BCUT2D eigenvalue weighted by molar-refractivity contribution is 9.10.